The standard InChI is InChI=1S/C31H26O9/c32-20-11-10-18(12-21(20)33)30-28(38)27(37)26-22(34)14-23-25(31(26)40-30)19(13-24(35)36)29(39-23)17-8-6-16(7-9-17)15-4-2-1-3-5-15/h6-12,14-15,32-34,38H,1-5,13H2,(H,35,36). The van der Waals surface area contributed by atoms with Crippen LogP contribution in [0.15, 0.2) is 62.2 Å². The lowest BCUT2D eigenvalue weighted by molar-refractivity contribution is -0.136. The molecular weight excluding hydrogens is 516 g/mol. The maximum absolute atomic E-state index is 13.2. The highest BCUT2D eigenvalue weighted by Crippen LogP contribution is 2.44. The molecule has 0 amide bonds. The third-order valence-corrected chi connectivity index (χ3v) is 7.69. The molecule has 204 valence electrons. The molecule has 40 heavy (non-hydrogen) atoms. The van der Waals surface area contributed by atoms with Gasteiger partial charge in [-0.05, 0) is 42.5 Å². The van der Waals surface area contributed by atoms with Crippen molar-refractivity contribution in [2.45, 2.75) is 44.4 Å². The Bertz CT molecular complexity index is 1840. The largest absolute Gasteiger partial charge is 0.507 e. The van der Waals surface area contributed by atoms with Gasteiger partial charge in [0.1, 0.15) is 22.5 Å². The molecule has 9 nitrogen and oxygen atoms in total. The lowest BCUT2D eigenvalue weighted by Crippen LogP contribution is -2.05. The van der Waals surface area contributed by atoms with Crippen molar-refractivity contribution < 1.29 is 39.2 Å². The first-order chi connectivity index (χ1) is 19.2. The molecule has 6 rings (SSSR count). The lowest BCUT2D eigenvalue weighted by Gasteiger charge is -2.22. The van der Waals surface area contributed by atoms with Gasteiger partial charge in [0, 0.05) is 22.8 Å². The summed E-state index contributed by atoms with van der Waals surface area (Å²) in [5, 5.41) is 50.6. The monoisotopic (exact) mass is 542 g/mol. The maximum Gasteiger partial charge on any atom is 0.307 e. The Hall–Kier alpha value is -4.92. The molecule has 0 bridgehead atoms. The molecule has 2 aromatic heterocycles. The van der Waals surface area contributed by atoms with Crippen molar-refractivity contribution >= 4 is 27.9 Å². The van der Waals surface area contributed by atoms with Gasteiger partial charge in [0.2, 0.25) is 11.2 Å². The Labute approximate surface area is 227 Å². The Kier molecular flexibility index (Phi) is 6.14. The van der Waals surface area contributed by atoms with Gasteiger partial charge < -0.3 is 34.4 Å². The van der Waals surface area contributed by atoms with Crippen molar-refractivity contribution in [3.63, 3.8) is 0 Å². The Morgan fingerprint density at radius 2 is 1.48 bits per heavy atom. The Morgan fingerprint density at radius 3 is 2.15 bits per heavy atom. The number of phenols is 3. The summed E-state index contributed by atoms with van der Waals surface area (Å²) in [6.07, 6.45) is 5.44. The van der Waals surface area contributed by atoms with Crippen LogP contribution in [0.5, 0.6) is 23.0 Å². The zero-order chi connectivity index (χ0) is 28.1. The highest BCUT2D eigenvalue weighted by molar-refractivity contribution is 6.10. The van der Waals surface area contributed by atoms with Gasteiger partial charge in [0.05, 0.1) is 11.8 Å². The molecule has 0 spiro atoms. The summed E-state index contributed by atoms with van der Waals surface area (Å²) in [6, 6.07) is 12.6. The first-order valence-corrected chi connectivity index (χ1v) is 13.0. The zero-order valence-electron chi connectivity index (χ0n) is 21.3. The van der Waals surface area contributed by atoms with Gasteiger partial charge >= 0.3 is 5.97 Å². The molecule has 0 atom stereocenters. The van der Waals surface area contributed by atoms with E-state index in [4.69, 9.17) is 8.83 Å². The lowest BCUT2D eigenvalue weighted by atomic mass is 9.84. The molecule has 0 unspecified atom stereocenters. The number of carboxylic acid groups (broad SMARTS) is 1. The first-order valence-electron chi connectivity index (χ1n) is 13.0. The third-order valence-electron chi connectivity index (χ3n) is 7.69. The number of carbonyl (C=O) groups is 1. The third kappa shape index (κ3) is 4.20. The van der Waals surface area contributed by atoms with Crippen LogP contribution in [0.25, 0.3) is 44.6 Å². The van der Waals surface area contributed by atoms with Crippen LogP contribution in [0.3, 0.4) is 0 Å². The smallest absolute Gasteiger partial charge is 0.307 e. The van der Waals surface area contributed by atoms with Gasteiger partial charge in [-0.25, -0.2) is 0 Å². The van der Waals surface area contributed by atoms with Crippen LogP contribution in [-0.2, 0) is 11.2 Å². The van der Waals surface area contributed by atoms with E-state index in [9.17, 15) is 35.1 Å². The second-order valence-corrected chi connectivity index (χ2v) is 10.2. The minimum atomic E-state index is -1.14. The van der Waals surface area contributed by atoms with Crippen molar-refractivity contribution in [2.24, 2.45) is 0 Å². The van der Waals surface area contributed by atoms with E-state index in [2.05, 4.69) is 0 Å². The summed E-state index contributed by atoms with van der Waals surface area (Å²) >= 11 is 0. The van der Waals surface area contributed by atoms with Gasteiger partial charge in [-0.1, -0.05) is 43.5 Å². The van der Waals surface area contributed by atoms with E-state index in [0.717, 1.165) is 25.0 Å². The Balaban J connectivity index is 1.59. The average Bonchev–Trinajstić information content (AvgIpc) is 3.29. The summed E-state index contributed by atoms with van der Waals surface area (Å²) in [5.74, 6) is -2.99. The van der Waals surface area contributed by atoms with Gasteiger partial charge in [-0.2, -0.15) is 0 Å². The number of aliphatic carboxylic acids is 1. The molecule has 5 N–H and O–H groups in total. The van der Waals surface area contributed by atoms with E-state index >= 15 is 0 Å². The number of hydrogen-bond donors (Lipinski definition) is 5. The summed E-state index contributed by atoms with van der Waals surface area (Å²) < 4.78 is 12.1. The molecule has 2 heterocycles. The summed E-state index contributed by atoms with van der Waals surface area (Å²) in [4.78, 5) is 25.2. The van der Waals surface area contributed by atoms with Crippen LogP contribution < -0.4 is 5.43 Å². The number of carboxylic acids is 1. The summed E-state index contributed by atoms with van der Waals surface area (Å²) in [5.41, 5.74) is 1.13. The fourth-order valence-corrected chi connectivity index (χ4v) is 5.72. The van der Waals surface area contributed by atoms with Crippen LogP contribution in [-0.4, -0.2) is 31.5 Å². The molecule has 1 saturated carbocycles. The number of phenolic OH excluding ortho intramolecular Hbond substituents is 3. The van der Waals surface area contributed by atoms with Crippen molar-refractivity contribution in [3.8, 4) is 45.6 Å². The van der Waals surface area contributed by atoms with Gasteiger partial charge in [-0.15, -0.1) is 0 Å². The van der Waals surface area contributed by atoms with Crippen LogP contribution in [0.1, 0.15) is 49.1 Å². The summed E-state index contributed by atoms with van der Waals surface area (Å²) in [7, 11) is 0. The van der Waals surface area contributed by atoms with Gasteiger partial charge in [-0.3, -0.25) is 9.59 Å². The molecule has 1 aliphatic rings. The molecule has 5 aromatic rings. The number of rotatable bonds is 5. The van der Waals surface area contributed by atoms with Crippen molar-refractivity contribution in [1.29, 1.82) is 0 Å². The zero-order valence-corrected chi connectivity index (χ0v) is 21.3. The van der Waals surface area contributed by atoms with Crippen LogP contribution >= 0.6 is 0 Å². The maximum atomic E-state index is 13.2. The minimum absolute atomic E-state index is 0.0742. The number of fused-ring (bicyclic) bond motifs is 3. The highest BCUT2D eigenvalue weighted by Gasteiger charge is 2.27. The van der Waals surface area contributed by atoms with E-state index in [0.29, 0.717) is 11.5 Å². The van der Waals surface area contributed by atoms with Gasteiger partial charge in [0.25, 0.3) is 0 Å². The van der Waals surface area contributed by atoms with Gasteiger partial charge in [0.15, 0.2) is 22.8 Å². The first kappa shape index (κ1) is 25.4. The molecule has 1 fully saturated rings. The van der Waals surface area contributed by atoms with E-state index in [1.54, 1.807) is 0 Å². The number of furan rings is 1. The minimum Gasteiger partial charge on any atom is -0.507 e. The number of aromatic hydroxyl groups is 4. The second-order valence-electron chi connectivity index (χ2n) is 10.2. The van der Waals surface area contributed by atoms with Crippen LogP contribution in [0.4, 0.5) is 0 Å². The number of hydrogen-bond acceptors (Lipinski definition) is 8. The SMILES string of the molecule is O=C(O)Cc1c(-c2ccc(C3CCCCC3)cc2)oc2cc(O)c3c(=O)c(O)c(-c4ccc(O)c(O)c4)oc3c12. The van der Waals surface area contributed by atoms with E-state index in [1.807, 2.05) is 24.3 Å². The van der Waals surface area contributed by atoms with Crippen molar-refractivity contribution in [1.82, 2.24) is 0 Å². The number of benzene rings is 3. The highest BCUT2D eigenvalue weighted by atomic mass is 16.4. The quantitative estimate of drug-likeness (QED) is 0.159. The predicted octanol–water partition coefficient (Wildman–Crippen LogP) is 6.37. The van der Waals surface area contributed by atoms with Crippen molar-refractivity contribution in [2.75, 3.05) is 0 Å². The molecule has 9 heteroatoms. The fraction of sp³-hybridized carbons (Fsp3) is 0.226. The molecule has 0 aliphatic heterocycles. The average molecular weight is 543 g/mol. The second kappa shape index (κ2) is 9.68. The fourth-order valence-electron chi connectivity index (χ4n) is 5.72. The predicted molar refractivity (Wildman–Crippen MR) is 147 cm³/mol. The van der Waals surface area contributed by atoms with E-state index in [1.165, 1.54) is 37.0 Å². The van der Waals surface area contributed by atoms with Crippen LogP contribution in [0.2, 0.25) is 0 Å². The van der Waals surface area contributed by atoms with Crippen LogP contribution in [0, 0.1) is 0 Å². The molecule has 3 aromatic carbocycles. The molecular formula is C31H26O9. The van der Waals surface area contributed by atoms with Crippen molar-refractivity contribution in [3.05, 3.63) is 69.9 Å². The summed E-state index contributed by atoms with van der Waals surface area (Å²) in [6.45, 7) is 0. The topological polar surface area (TPSA) is 162 Å². The van der Waals surface area contributed by atoms with E-state index < -0.39 is 40.8 Å². The molecule has 0 saturated heterocycles. The normalized spacial score (nSPS) is 14.2. The molecule has 1 aliphatic carbocycles. The Morgan fingerprint density at radius 1 is 0.775 bits per heavy atom. The molecule has 0 radical (unpaired) electrons. The van der Waals surface area contributed by atoms with E-state index in [-0.39, 0.29) is 44.6 Å².